The summed E-state index contributed by atoms with van der Waals surface area (Å²) in [5, 5.41) is 6.64. The maximum absolute atomic E-state index is 12.4. The molecular weight excluding hydrogens is 283 g/mol. The highest BCUT2D eigenvalue weighted by atomic mass is 19.4. The van der Waals surface area contributed by atoms with E-state index < -0.39 is 12.1 Å². The summed E-state index contributed by atoms with van der Waals surface area (Å²) in [5.74, 6) is -1.39. The van der Waals surface area contributed by atoms with E-state index in [0.717, 1.165) is 18.5 Å². The smallest absolute Gasteiger partial charge is 0.329 e. The Kier molecular flexibility index (Phi) is 4.62. The van der Waals surface area contributed by atoms with Crippen molar-refractivity contribution in [2.24, 2.45) is 0 Å². The Balaban J connectivity index is 2.03. The van der Waals surface area contributed by atoms with Crippen LogP contribution in [-0.2, 0) is 12.6 Å². The van der Waals surface area contributed by atoms with Crippen molar-refractivity contribution in [1.29, 1.82) is 0 Å². The number of nitrogens with one attached hydrogen (secondary N) is 1. The van der Waals surface area contributed by atoms with Gasteiger partial charge in [-0.2, -0.15) is 18.2 Å². The SMILES string of the molecule is CC(C)NCCc1ccc(-c2noc(C(F)(F)F)n2)cc1. The lowest BCUT2D eigenvalue weighted by Gasteiger charge is -2.07. The van der Waals surface area contributed by atoms with Crippen LogP contribution in [0.25, 0.3) is 11.4 Å². The fourth-order valence-corrected chi connectivity index (χ4v) is 1.78. The van der Waals surface area contributed by atoms with Crippen molar-refractivity contribution in [2.75, 3.05) is 6.54 Å². The molecule has 0 spiro atoms. The maximum Gasteiger partial charge on any atom is 0.471 e. The Bertz CT molecular complexity index is 576. The third-order valence-corrected chi connectivity index (χ3v) is 2.85. The molecule has 2 rings (SSSR count). The summed E-state index contributed by atoms with van der Waals surface area (Å²) in [6.07, 6.45) is -3.77. The minimum atomic E-state index is -4.62. The predicted octanol–water partition coefficient (Wildman–Crippen LogP) is 3.30. The van der Waals surface area contributed by atoms with Crippen molar-refractivity contribution in [3.05, 3.63) is 35.7 Å². The summed E-state index contributed by atoms with van der Waals surface area (Å²) in [7, 11) is 0. The highest BCUT2D eigenvalue weighted by Gasteiger charge is 2.38. The van der Waals surface area contributed by atoms with E-state index in [4.69, 9.17) is 0 Å². The molecule has 0 amide bonds. The van der Waals surface area contributed by atoms with Crippen LogP contribution in [0, 0.1) is 0 Å². The molecule has 0 bridgehead atoms. The Morgan fingerprint density at radius 3 is 2.38 bits per heavy atom. The molecule has 0 fully saturated rings. The zero-order valence-electron chi connectivity index (χ0n) is 11.7. The van der Waals surface area contributed by atoms with E-state index in [1.807, 2.05) is 12.1 Å². The molecule has 114 valence electrons. The highest BCUT2D eigenvalue weighted by Crippen LogP contribution is 2.29. The molecular formula is C14H16F3N3O. The fraction of sp³-hybridized carbons (Fsp3) is 0.429. The molecule has 7 heteroatoms. The van der Waals surface area contributed by atoms with Gasteiger partial charge in [0, 0.05) is 11.6 Å². The lowest BCUT2D eigenvalue weighted by molar-refractivity contribution is -0.159. The van der Waals surface area contributed by atoms with Gasteiger partial charge in [0.25, 0.3) is 0 Å². The van der Waals surface area contributed by atoms with Crippen molar-refractivity contribution >= 4 is 0 Å². The molecule has 0 saturated carbocycles. The molecule has 21 heavy (non-hydrogen) atoms. The molecule has 0 unspecified atom stereocenters. The predicted molar refractivity (Wildman–Crippen MR) is 71.6 cm³/mol. The van der Waals surface area contributed by atoms with Crippen LogP contribution in [0.15, 0.2) is 28.8 Å². The highest BCUT2D eigenvalue weighted by molar-refractivity contribution is 5.54. The van der Waals surface area contributed by atoms with Gasteiger partial charge in [0.2, 0.25) is 5.82 Å². The van der Waals surface area contributed by atoms with Crippen LogP contribution in [0.3, 0.4) is 0 Å². The summed E-state index contributed by atoms with van der Waals surface area (Å²) in [6, 6.07) is 7.50. The van der Waals surface area contributed by atoms with Crippen LogP contribution >= 0.6 is 0 Å². The van der Waals surface area contributed by atoms with Crippen LogP contribution in [0.1, 0.15) is 25.3 Å². The first kappa shape index (κ1) is 15.5. The lowest BCUT2D eigenvalue weighted by atomic mass is 10.1. The van der Waals surface area contributed by atoms with Gasteiger partial charge in [-0.05, 0) is 18.5 Å². The van der Waals surface area contributed by atoms with E-state index in [0.29, 0.717) is 11.6 Å². The zero-order chi connectivity index (χ0) is 15.5. The van der Waals surface area contributed by atoms with E-state index in [1.54, 1.807) is 12.1 Å². The monoisotopic (exact) mass is 299 g/mol. The first-order valence-corrected chi connectivity index (χ1v) is 6.60. The number of hydrogen-bond acceptors (Lipinski definition) is 4. The molecule has 0 aliphatic rings. The van der Waals surface area contributed by atoms with E-state index in [9.17, 15) is 13.2 Å². The van der Waals surface area contributed by atoms with Gasteiger partial charge in [0.15, 0.2) is 0 Å². The standard InChI is InChI=1S/C14H16F3N3O/c1-9(2)18-8-7-10-3-5-11(6-4-10)12-19-13(21-20-12)14(15,16)17/h3-6,9,18H,7-8H2,1-2H3. The number of aromatic nitrogens is 2. The van der Waals surface area contributed by atoms with Crippen LogP contribution in [0.2, 0.25) is 0 Å². The van der Waals surface area contributed by atoms with Gasteiger partial charge in [-0.15, -0.1) is 0 Å². The zero-order valence-corrected chi connectivity index (χ0v) is 11.7. The van der Waals surface area contributed by atoms with Gasteiger partial charge in [0.05, 0.1) is 0 Å². The van der Waals surface area contributed by atoms with Crippen molar-refractivity contribution in [3.8, 4) is 11.4 Å². The van der Waals surface area contributed by atoms with Crippen molar-refractivity contribution in [1.82, 2.24) is 15.5 Å². The number of rotatable bonds is 5. The third kappa shape index (κ3) is 4.29. The van der Waals surface area contributed by atoms with Crippen molar-refractivity contribution in [2.45, 2.75) is 32.5 Å². The average molecular weight is 299 g/mol. The first-order valence-electron chi connectivity index (χ1n) is 6.60. The minimum Gasteiger partial charge on any atom is -0.329 e. The molecule has 2 aromatic rings. The molecule has 0 aliphatic carbocycles. The van der Waals surface area contributed by atoms with Gasteiger partial charge < -0.3 is 9.84 Å². The summed E-state index contributed by atoms with van der Waals surface area (Å²) in [5.41, 5.74) is 1.58. The van der Waals surface area contributed by atoms with E-state index in [1.165, 1.54) is 0 Å². The number of alkyl halides is 3. The van der Waals surface area contributed by atoms with Crippen LogP contribution < -0.4 is 5.32 Å². The summed E-state index contributed by atoms with van der Waals surface area (Å²) in [4.78, 5) is 3.35. The third-order valence-electron chi connectivity index (χ3n) is 2.85. The molecule has 1 aromatic heterocycles. The van der Waals surface area contributed by atoms with Gasteiger partial charge in [-0.1, -0.05) is 43.3 Å². The minimum absolute atomic E-state index is 0.0609. The Hall–Kier alpha value is -1.89. The molecule has 0 aliphatic heterocycles. The van der Waals surface area contributed by atoms with Crippen LogP contribution in [0.5, 0.6) is 0 Å². The Morgan fingerprint density at radius 1 is 1.19 bits per heavy atom. The van der Waals surface area contributed by atoms with Gasteiger partial charge in [-0.25, -0.2) is 0 Å². The Labute approximate surface area is 120 Å². The quantitative estimate of drug-likeness (QED) is 0.920. The van der Waals surface area contributed by atoms with Crippen LogP contribution in [0.4, 0.5) is 13.2 Å². The molecule has 0 saturated heterocycles. The molecule has 0 atom stereocenters. The molecule has 1 aromatic carbocycles. The number of nitrogens with zero attached hydrogens (tertiary/aromatic N) is 2. The van der Waals surface area contributed by atoms with Gasteiger partial charge in [0.1, 0.15) is 0 Å². The lowest BCUT2D eigenvalue weighted by Crippen LogP contribution is -2.24. The topological polar surface area (TPSA) is 51.0 Å². The normalized spacial score (nSPS) is 12.1. The molecule has 1 N–H and O–H groups in total. The molecule has 0 radical (unpaired) electrons. The summed E-state index contributed by atoms with van der Waals surface area (Å²) in [6.45, 7) is 4.98. The van der Waals surface area contributed by atoms with E-state index in [2.05, 4.69) is 33.8 Å². The second kappa shape index (κ2) is 6.26. The maximum atomic E-state index is 12.4. The average Bonchev–Trinajstić information content (AvgIpc) is 2.88. The second-order valence-electron chi connectivity index (χ2n) is 4.98. The largest absolute Gasteiger partial charge is 0.471 e. The van der Waals surface area contributed by atoms with E-state index in [-0.39, 0.29) is 5.82 Å². The summed E-state index contributed by atoms with van der Waals surface area (Å²) >= 11 is 0. The van der Waals surface area contributed by atoms with Gasteiger partial charge in [-0.3, -0.25) is 0 Å². The summed E-state index contributed by atoms with van der Waals surface area (Å²) < 4.78 is 41.4. The van der Waals surface area contributed by atoms with Crippen molar-refractivity contribution < 1.29 is 17.7 Å². The number of halogens is 3. The fourth-order valence-electron chi connectivity index (χ4n) is 1.78. The molecule has 4 nitrogen and oxygen atoms in total. The van der Waals surface area contributed by atoms with E-state index >= 15 is 0 Å². The number of hydrogen-bond donors (Lipinski definition) is 1. The number of benzene rings is 1. The van der Waals surface area contributed by atoms with Crippen molar-refractivity contribution in [3.63, 3.8) is 0 Å². The van der Waals surface area contributed by atoms with Crippen LogP contribution in [-0.4, -0.2) is 22.7 Å². The Morgan fingerprint density at radius 2 is 1.86 bits per heavy atom. The second-order valence-corrected chi connectivity index (χ2v) is 4.98. The van der Waals surface area contributed by atoms with Gasteiger partial charge >= 0.3 is 12.1 Å². The molecule has 1 heterocycles. The first-order chi connectivity index (χ1) is 9.86.